The van der Waals surface area contributed by atoms with E-state index in [1.54, 1.807) is 0 Å². The van der Waals surface area contributed by atoms with Gasteiger partial charge in [0.25, 0.3) is 6.54 Å². The summed E-state index contributed by atoms with van der Waals surface area (Å²) in [5, 5.41) is 0. The summed E-state index contributed by atoms with van der Waals surface area (Å²) in [6, 6.07) is 4.70. The lowest BCUT2D eigenvalue weighted by atomic mass is 10.1. The van der Waals surface area contributed by atoms with E-state index < -0.39 is 11.7 Å². The van der Waals surface area contributed by atoms with Crippen molar-refractivity contribution in [3.63, 3.8) is 0 Å². The van der Waals surface area contributed by atoms with E-state index in [-0.39, 0.29) is 18.7 Å². The first-order chi connectivity index (χ1) is 7.93. The van der Waals surface area contributed by atoms with Crippen molar-refractivity contribution in [1.29, 1.82) is 0 Å². The number of nitrogens with zero attached hydrogens (tertiary/aromatic N) is 1. The number of hydrogen-bond donors (Lipinski definition) is 0. The van der Waals surface area contributed by atoms with Gasteiger partial charge in [0.15, 0.2) is 0 Å². The van der Waals surface area contributed by atoms with Gasteiger partial charge in [-0.05, 0) is 24.1 Å². The Morgan fingerprint density at radius 3 is 2.29 bits per heavy atom. The van der Waals surface area contributed by atoms with Gasteiger partial charge in [-0.2, -0.15) is 13.2 Å². The Labute approximate surface area is 96.9 Å². The van der Waals surface area contributed by atoms with Crippen molar-refractivity contribution in [1.82, 2.24) is 0 Å². The number of halogens is 3. The van der Waals surface area contributed by atoms with Crippen LogP contribution in [0.1, 0.15) is 17.5 Å². The average Bonchev–Trinajstić information content (AvgIpc) is 2.26. The summed E-state index contributed by atoms with van der Waals surface area (Å²) in [5.41, 5.74) is -0.0370. The van der Waals surface area contributed by atoms with E-state index in [2.05, 4.69) is 4.85 Å². The molecule has 1 rings (SSSR count). The number of rotatable bonds is 4. The van der Waals surface area contributed by atoms with Crippen molar-refractivity contribution in [2.45, 2.75) is 19.0 Å². The number of carbonyl (C=O) groups is 1. The number of carbonyl (C=O) groups excluding carboxylic acids is 1. The monoisotopic (exact) mass is 241 g/mol. The smallest absolute Gasteiger partial charge is 0.309 e. The van der Waals surface area contributed by atoms with Gasteiger partial charge in [0.1, 0.15) is 0 Å². The maximum Gasteiger partial charge on any atom is 0.416 e. The summed E-state index contributed by atoms with van der Waals surface area (Å²) < 4.78 is 36.7. The number of alkyl halides is 3. The number of ketones is 1. The van der Waals surface area contributed by atoms with E-state index >= 15 is 0 Å². The van der Waals surface area contributed by atoms with Crippen molar-refractivity contribution in [2.75, 3.05) is 6.54 Å². The second-order valence-corrected chi connectivity index (χ2v) is 3.55. The number of Topliss-reactive ketones (excluding diaryl/α,β-unsaturated/α-hetero) is 1. The molecule has 17 heavy (non-hydrogen) atoms. The van der Waals surface area contributed by atoms with Crippen molar-refractivity contribution in [2.24, 2.45) is 0 Å². The fraction of sp³-hybridized carbons (Fsp3) is 0.333. The van der Waals surface area contributed by atoms with Crippen LogP contribution in [0.3, 0.4) is 0 Å². The molecule has 0 saturated heterocycles. The molecule has 0 unspecified atom stereocenters. The molecule has 0 N–H and O–H groups in total. The highest BCUT2D eigenvalue weighted by Crippen LogP contribution is 2.29. The van der Waals surface area contributed by atoms with Crippen molar-refractivity contribution >= 4 is 5.78 Å². The van der Waals surface area contributed by atoms with E-state index in [0.717, 1.165) is 12.1 Å². The van der Waals surface area contributed by atoms with E-state index in [0.29, 0.717) is 12.0 Å². The summed E-state index contributed by atoms with van der Waals surface area (Å²) in [6.45, 7) is 6.33. The quantitative estimate of drug-likeness (QED) is 0.742. The van der Waals surface area contributed by atoms with Gasteiger partial charge in [-0.25, -0.2) is 6.57 Å². The molecule has 0 aliphatic rings. The lowest BCUT2D eigenvalue weighted by Crippen LogP contribution is -2.05. The van der Waals surface area contributed by atoms with Crippen LogP contribution >= 0.6 is 0 Å². The highest BCUT2D eigenvalue weighted by atomic mass is 19.4. The topological polar surface area (TPSA) is 21.4 Å². The summed E-state index contributed by atoms with van der Waals surface area (Å²) >= 11 is 0. The van der Waals surface area contributed by atoms with Gasteiger partial charge in [-0.1, -0.05) is 12.1 Å². The summed E-state index contributed by atoms with van der Waals surface area (Å²) in [6.07, 6.45) is -3.78. The minimum absolute atomic E-state index is 0.166. The zero-order valence-electron chi connectivity index (χ0n) is 8.92. The first kappa shape index (κ1) is 13.2. The Bertz CT molecular complexity index is 429. The van der Waals surface area contributed by atoms with Crippen LogP contribution in [0.2, 0.25) is 0 Å². The van der Waals surface area contributed by atoms with Gasteiger partial charge in [0.2, 0.25) is 5.78 Å². The van der Waals surface area contributed by atoms with Gasteiger partial charge in [-0.15, -0.1) is 0 Å². The third-order valence-corrected chi connectivity index (χ3v) is 2.23. The highest BCUT2D eigenvalue weighted by molar-refractivity contribution is 5.81. The Morgan fingerprint density at radius 2 is 1.82 bits per heavy atom. The van der Waals surface area contributed by atoms with Crippen molar-refractivity contribution in [3.05, 3.63) is 46.8 Å². The second kappa shape index (κ2) is 5.48. The molecule has 0 amide bonds. The molecule has 0 aliphatic carbocycles. The molecule has 0 atom stereocenters. The van der Waals surface area contributed by atoms with Gasteiger partial charge >= 0.3 is 6.18 Å². The van der Waals surface area contributed by atoms with Crippen LogP contribution in [0.5, 0.6) is 0 Å². The van der Waals surface area contributed by atoms with Gasteiger partial charge in [0.05, 0.1) is 5.56 Å². The molecular weight excluding hydrogens is 231 g/mol. The lowest BCUT2D eigenvalue weighted by molar-refractivity contribution is -0.137. The number of benzene rings is 1. The van der Waals surface area contributed by atoms with Crippen LogP contribution in [0.25, 0.3) is 4.85 Å². The molecule has 0 radical (unpaired) electrons. The zero-order chi connectivity index (χ0) is 12.9. The molecular formula is C12H10F3NO. The Morgan fingerprint density at radius 1 is 1.24 bits per heavy atom. The maximum atomic E-state index is 12.2. The minimum atomic E-state index is -4.33. The molecule has 0 spiro atoms. The predicted octanol–water partition coefficient (Wildman–Crippen LogP) is 3.13. The summed E-state index contributed by atoms with van der Waals surface area (Å²) in [5.74, 6) is -0.195. The van der Waals surface area contributed by atoms with Gasteiger partial charge < -0.3 is 4.85 Å². The number of aryl methyl sites for hydroxylation is 1. The van der Waals surface area contributed by atoms with Crippen LogP contribution in [0.4, 0.5) is 13.2 Å². The van der Waals surface area contributed by atoms with Crippen LogP contribution in [0.15, 0.2) is 24.3 Å². The fourth-order valence-corrected chi connectivity index (χ4v) is 1.31. The SMILES string of the molecule is [C-]#[N+]CC(=O)CCc1ccc(C(F)(F)F)cc1. The predicted molar refractivity (Wildman–Crippen MR) is 56.2 cm³/mol. The third kappa shape index (κ3) is 4.27. The van der Waals surface area contributed by atoms with E-state index in [9.17, 15) is 18.0 Å². The van der Waals surface area contributed by atoms with Crippen LogP contribution < -0.4 is 0 Å². The molecule has 2 nitrogen and oxygen atoms in total. The Hall–Kier alpha value is -1.83. The molecule has 0 fully saturated rings. The van der Waals surface area contributed by atoms with Crippen LogP contribution in [-0.4, -0.2) is 12.3 Å². The van der Waals surface area contributed by atoms with Gasteiger partial charge in [-0.3, -0.25) is 4.79 Å². The molecule has 0 heterocycles. The zero-order valence-corrected chi connectivity index (χ0v) is 8.92. The molecule has 0 saturated carbocycles. The molecule has 0 aliphatic heterocycles. The van der Waals surface area contributed by atoms with E-state index in [1.165, 1.54) is 12.1 Å². The van der Waals surface area contributed by atoms with Crippen molar-refractivity contribution in [3.8, 4) is 0 Å². The first-order valence-corrected chi connectivity index (χ1v) is 4.94. The summed E-state index contributed by atoms with van der Waals surface area (Å²) in [7, 11) is 0. The Kier molecular flexibility index (Phi) is 4.27. The lowest BCUT2D eigenvalue weighted by Gasteiger charge is -2.06. The molecule has 5 heteroatoms. The van der Waals surface area contributed by atoms with Crippen LogP contribution in [-0.2, 0) is 17.4 Å². The van der Waals surface area contributed by atoms with Gasteiger partial charge in [0, 0.05) is 6.42 Å². The average molecular weight is 241 g/mol. The largest absolute Gasteiger partial charge is 0.416 e. The number of hydrogen-bond acceptors (Lipinski definition) is 1. The first-order valence-electron chi connectivity index (χ1n) is 4.94. The van der Waals surface area contributed by atoms with Crippen LogP contribution in [0, 0.1) is 6.57 Å². The maximum absolute atomic E-state index is 12.2. The summed E-state index contributed by atoms with van der Waals surface area (Å²) in [4.78, 5) is 14.0. The van der Waals surface area contributed by atoms with Crippen molar-refractivity contribution < 1.29 is 18.0 Å². The second-order valence-electron chi connectivity index (χ2n) is 3.55. The minimum Gasteiger partial charge on any atom is -0.309 e. The third-order valence-electron chi connectivity index (χ3n) is 2.23. The highest BCUT2D eigenvalue weighted by Gasteiger charge is 2.29. The standard InChI is InChI=1S/C12H10F3NO/c1-16-8-11(17)7-4-9-2-5-10(6-3-9)12(13,14)15/h2-3,5-6H,4,7-8H2. The Balaban J connectivity index is 2.58. The fourth-order valence-electron chi connectivity index (χ4n) is 1.31. The molecule has 1 aromatic carbocycles. The normalized spacial score (nSPS) is 10.9. The molecule has 90 valence electrons. The van der Waals surface area contributed by atoms with E-state index in [1.807, 2.05) is 0 Å². The molecule has 1 aromatic rings. The molecule has 0 bridgehead atoms. The van der Waals surface area contributed by atoms with E-state index in [4.69, 9.17) is 6.57 Å². The molecule has 0 aromatic heterocycles.